The zero-order valence-electron chi connectivity index (χ0n) is 9.51. The van der Waals surface area contributed by atoms with Gasteiger partial charge in [0, 0.05) is 6.54 Å². The van der Waals surface area contributed by atoms with Gasteiger partial charge >= 0.3 is 0 Å². The molecular formula is C13H19NO. The molecular weight excluding hydrogens is 186 g/mol. The first-order valence-corrected chi connectivity index (χ1v) is 5.68. The topological polar surface area (TPSA) is 32.3 Å². The Morgan fingerprint density at radius 1 is 1.33 bits per heavy atom. The van der Waals surface area contributed by atoms with E-state index in [1.807, 2.05) is 7.05 Å². The van der Waals surface area contributed by atoms with Crippen LogP contribution in [0.4, 0.5) is 0 Å². The van der Waals surface area contributed by atoms with Crippen molar-refractivity contribution in [3.8, 4) is 0 Å². The summed E-state index contributed by atoms with van der Waals surface area (Å²) in [6.45, 7) is 2.80. The third-order valence-electron chi connectivity index (χ3n) is 3.31. The SMILES string of the molecule is CNCC(O)c1ccc(C)c2c1CCC2. The number of hydrogen-bond acceptors (Lipinski definition) is 2. The molecule has 1 atom stereocenters. The van der Waals surface area contributed by atoms with E-state index in [-0.39, 0.29) is 6.10 Å². The molecule has 1 unspecified atom stereocenters. The number of likely N-dealkylation sites (N-methyl/N-ethyl adjacent to an activating group) is 1. The fraction of sp³-hybridized carbons (Fsp3) is 0.538. The highest BCUT2D eigenvalue weighted by Crippen LogP contribution is 2.31. The Morgan fingerprint density at radius 2 is 2.07 bits per heavy atom. The first-order valence-electron chi connectivity index (χ1n) is 5.68. The summed E-state index contributed by atoms with van der Waals surface area (Å²) in [5.41, 5.74) is 5.38. The van der Waals surface area contributed by atoms with Gasteiger partial charge in [-0.15, -0.1) is 0 Å². The predicted molar refractivity (Wildman–Crippen MR) is 62.1 cm³/mol. The van der Waals surface area contributed by atoms with Crippen LogP contribution in [-0.4, -0.2) is 18.7 Å². The van der Waals surface area contributed by atoms with Crippen LogP contribution in [0.1, 0.15) is 34.8 Å². The molecule has 0 spiro atoms. The molecule has 0 aliphatic heterocycles. The van der Waals surface area contributed by atoms with Crippen molar-refractivity contribution in [2.75, 3.05) is 13.6 Å². The van der Waals surface area contributed by atoms with Gasteiger partial charge in [-0.3, -0.25) is 0 Å². The van der Waals surface area contributed by atoms with Gasteiger partial charge in [0.15, 0.2) is 0 Å². The molecule has 15 heavy (non-hydrogen) atoms. The van der Waals surface area contributed by atoms with Crippen LogP contribution in [-0.2, 0) is 12.8 Å². The fourth-order valence-electron chi connectivity index (χ4n) is 2.53. The number of aliphatic hydroxyl groups is 1. The summed E-state index contributed by atoms with van der Waals surface area (Å²) >= 11 is 0. The minimum absolute atomic E-state index is 0.359. The molecule has 2 nitrogen and oxygen atoms in total. The lowest BCUT2D eigenvalue weighted by Crippen LogP contribution is -2.18. The van der Waals surface area contributed by atoms with Crippen molar-refractivity contribution in [1.29, 1.82) is 0 Å². The first-order chi connectivity index (χ1) is 7.24. The molecule has 82 valence electrons. The van der Waals surface area contributed by atoms with E-state index >= 15 is 0 Å². The molecule has 2 heteroatoms. The average Bonchev–Trinajstić information content (AvgIpc) is 2.68. The van der Waals surface area contributed by atoms with Crippen molar-refractivity contribution in [1.82, 2.24) is 5.32 Å². The highest BCUT2D eigenvalue weighted by atomic mass is 16.3. The summed E-state index contributed by atoms with van der Waals surface area (Å²) in [7, 11) is 1.87. The zero-order valence-corrected chi connectivity index (χ0v) is 9.51. The predicted octanol–water partition coefficient (Wildman–Crippen LogP) is 1.74. The maximum absolute atomic E-state index is 10.0. The van der Waals surface area contributed by atoms with Crippen molar-refractivity contribution in [2.24, 2.45) is 0 Å². The Labute approximate surface area is 91.3 Å². The lowest BCUT2D eigenvalue weighted by atomic mass is 9.95. The molecule has 0 heterocycles. The monoisotopic (exact) mass is 205 g/mol. The summed E-state index contributed by atoms with van der Waals surface area (Å²) < 4.78 is 0. The normalized spacial score (nSPS) is 16.5. The number of benzene rings is 1. The van der Waals surface area contributed by atoms with Crippen LogP contribution >= 0.6 is 0 Å². The van der Waals surface area contributed by atoms with E-state index in [1.165, 1.54) is 29.5 Å². The van der Waals surface area contributed by atoms with Crippen molar-refractivity contribution in [2.45, 2.75) is 32.3 Å². The quantitative estimate of drug-likeness (QED) is 0.787. The standard InChI is InChI=1S/C13H19NO/c1-9-6-7-12(13(15)8-14-2)11-5-3-4-10(9)11/h6-7,13-15H,3-5,8H2,1-2H3. The number of nitrogens with one attached hydrogen (secondary N) is 1. The summed E-state index contributed by atoms with van der Waals surface area (Å²) in [5.74, 6) is 0. The van der Waals surface area contributed by atoms with Gasteiger partial charge < -0.3 is 10.4 Å². The second kappa shape index (κ2) is 4.33. The van der Waals surface area contributed by atoms with E-state index in [4.69, 9.17) is 0 Å². The van der Waals surface area contributed by atoms with Gasteiger partial charge in [-0.25, -0.2) is 0 Å². The van der Waals surface area contributed by atoms with Crippen molar-refractivity contribution in [3.05, 3.63) is 34.4 Å². The third kappa shape index (κ3) is 1.92. The summed E-state index contributed by atoms with van der Waals surface area (Å²) in [4.78, 5) is 0. The first kappa shape index (κ1) is 10.7. The number of rotatable bonds is 3. The number of aryl methyl sites for hydroxylation is 1. The third-order valence-corrected chi connectivity index (χ3v) is 3.31. The summed E-state index contributed by atoms with van der Waals surface area (Å²) in [5, 5.41) is 13.0. The molecule has 0 fully saturated rings. The Hall–Kier alpha value is -0.860. The fourth-order valence-corrected chi connectivity index (χ4v) is 2.53. The number of hydrogen-bond donors (Lipinski definition) is 2. The van der Waals surface area contributed by atoms with Gasteiger partial charge in [0.2, 0.25) is 0 Å². The van der Waals surface area contributed by atoms with Crippen molar-refractivity contribution >= 4 is 0 Å². The molecule has 0 radical (unpaired) electrons. The molecule has 2 N–H and O–H groups in total. The Bertz CT molecular complexity index is 360. The zero-order chi connectivity index (χ0) is 10.8. The number of fused-ring (bicyclic) bond motifs is 1. The molecule has 1 aromatic rings. The molecule has 0 saturated carbocycles. The van der Waals surface area contributed by atoms with E-state index < -0.39 is 0 Å². The van der Waals surface area contributed by atoms with Crippen molar-refractivity contribution < 1.29 is 5.11 Å². The Kier molecular flexibility index (Phi) is 3.08. The van der Waals surface area contributed by atoms with Crippen LogP contribution in [0.5, 0.6) is 0 Å². The number of aliphatic hydroxyl groups excluding tert-OH is 1. The molecule has 0 aromatic heterocycles. The molecule has 0 bridgehead atoms. The van der Waals surface area contributed by atoms with E-state index in [0.29, 0.717) is 6.54 Å². The second-order valence-electron chi connectivity index (χ2n) is 4.36. The van der Waals surface area contributed by atoms with Gasteiger partial charge in [0.1, 0.15) is 0 Å². The smallest absolute Gasteiger partial charge is 0.0917 e. The van der Waals surface area contributed by atoms with Gasteiger partial charge in [-0.2, -0.15) is 0 Å². The molecule has 1 aliphatic carbocycles. The van der Waals surface area contributed by atoms with Crippen LogP contribution in [0.15, 0.2) is 12.1 Å². The molecule has 1 aromatic carbocycles. The molecule has 0 amide bonds. The maximum Gasteiger partial charge on any atom is 0.0917 e. The van der Waals surface area contributed by atoms with Crippen LogP contribution < -0.4 is 5.32 Å². The lowest BCUT2D eigenvalue weighted by Gasteiger charge is -2.16. The minimum atomic E-state index is -0.359. The van der Waals surface area contributed by atoms with Gasteiger partial charge in [-0.1, -0.05) is 12.1 Å². The van der Waals surface area contributed by atoms with Gasteiger partial charge in [0.25, 0.3) is 0 Å². The highest BCUT2D eigenvalue weighted by Gasteiger charge is 2.20. The summed E-state index contributed by atoms with van der Waals surface area (Å²) in [6.07, 6.45) is 3.19. The second-order valence-corrected chi connectivity index (χ2v) is 4.36. The van der Waals surface area contributed by atoms with Crippen molar-refractivity contribution in [3.63, 3.8) is 0 Å². The van der Waals surface area contributed by atoms with E-state index in [9.17, 15) is 5.11 Å². The largest absolute Gasteiger partial charge is 0.387 e. The molecule has 1 aliphatic rings. The molecule has 0 saturated heterocycles. The molecule has 2 rings (SSSR count). The van der Waals surface area contributed by atoms with E-state index in [2.05, 4.69) is 24.4 Å². The van der Waals surface area contributed by atoms with E-state index in [1.54, 1.807) is 0 Å². The van der Waals surface area contributed by atoms with Crippen LogP contribution in [0.25, 0.3) is 0 Å². The summed E-state index contributed by atoms with van der Waals surface area (Å²) in [6, 6.07) is 4.22. The van der Waals surface area contributed by atoms with Gasteiger partial charge in [0.05, 0.1) is 6.10 Å². The Balaban J connectivity index is 2.37. The lowest BCUT2D eigenvalue weighted by molar-refractivity contribution is 0.177. The van der Waals surface area contributed by atoms with Crippen LogP contribution in [0.3, 0.4) is 0 Å². The van der Waals surface area contributed by atoms with E-state index in [0.717, 1.165) is 12.0 Å². The van der Waals surface area contributed by atoms with Crippen LogP contribution in [0, 0.1) is 6.92 Å². The van der Waals surface area contributed by atoms with Crippen LogP contribution in [0.2, 0.25) is 0 Å². The highest BCUT2D eigenvalue weighted by molar-refractivity contribution is 5.44. The maximum atomic E-state index is 10.0. The minimum Gasteiger partial charge on any atom is -0.387 e. The Morgan fingerprint density at radius 3 is 2.80 bits per heavy atom. The van der Waals surface area contributed by atoms with Gasteiger partial charge in [-0.05, 0) is 55.5 Å². The average molecular weight is 205 g/mol.